The third-order valence-corrected chi connectivity index (χ3v) is 2.10. The number of aliphatic hydroxyl groups excluding tert-OH is 1. The molecule has 0 amide bonds. The molecule has 0 saturated heterocycles. The van der Waals surface area contributed by atoms with E-state index in [1.165, 1.54) is 0 Å². The van der Waals surface area contributed by atoms with Gasteiger partial charge in [0.2, 0.25) is 9.39 Å². The van der Waals surface area contributed by atoms with Gasteiger partial charge in [-0.25, -0.2) is 0 Å². The van der Waals surface area contributed by atoms with E-state index in [9.17, 15) is 13.2 Å². The summed E-state index contributed by atoms with van der Waals surface area (Å²) in [5, 5.41) is 17.0. The molecule has 0 aliphatic carbocycles. The van der Waals surface area contributed by atoms with Gasteiger partial charge >= 0.3 is 6.18 Å². The maximum absolute atomic E-state index is 11.9. The van der Waals surface area contributed by atoms with Gasteiger partial charge in [0.1, 0.15) is 0 Å². The molecule has 0 rings (SSSR count). The van der Waals surface area contributed by atoms with E-state index >= 15 is 0 Å². The van der Waals surface area contributed by atoms with Crippen LogP contribution in [-0.2, 0) is 0 Å². The van der Waals surface area contributed by atoms with E-state index in [0.717, 1.165) is 0 Å². The lowest BCUT2D eigenvalue weighted by Gasteiger charge is -2.34. The van der Waals surface area contributed by atoms with Crippen LogP contribution in [0.2, 0.25) is 0 Å². The van der Waals surface area contributed by atoms with Crippen LogP contribution in [0.15, 0.2) is 0 Å². The van der Waals surface area contributed by atoms with Crippen molar-refractivity contribution in [3.05, 3.63) is 0 Å². The Hall–Kier alpha value is 0.580. The molecule has 74 valence electrons. The van der Waals surface area contributed by atoms with Gasteiger partial charge in [-0.05, 0) is 0 Å². The van der Waals surface area contributed by atoms with Crippen molar-refractivity contribution in [3.8, 4) is 0 Å². The third-order valence-electron chi connectivity index (χ3n) is 1.17. The van der Waals surface area contributed by atoms with Crippen LogP contribution in [0.3, 0.4) is 0 Å². The zero-order chi connectivity index (χ0) is 10.2. The first-order valence-electron chi connectivity index (χ1n) is 2.53. The molecular weight excluding hydrogens is 243 g/mol. The minimum atomic E-state index is -5.20. The zero-order valence-electron chi connectivity index (χ0n) is 5.37. The van der Waals surface area contributed by atoms with Crippen molar-refractivity contribution < 1.29 is 23.4 Å². The van der Waals surface area contributed by atoms with Crippen molar-refractivity contribution in [3.63, 3.8) is 0 Å². The van der Waals surface area contributed by atoms with Gasteiger partial charge in [-0.2, -0.15) is 13.2 Å². The zero-order valence-corrected chi connectivity index (χ0v) is 7.64. The Labute approximate surface area is 80.8 Å². The summed E-state index contributed by atoms with van der Waals surface area (Å²) in [6.45, 7) is -1.72. The molecule has 12 heavy (non-hydrogen) atoms. The highest BCUT2D eigenvalue weighted by Gasteiger charge is 2.65. The Balaban J connectivity index is 4.95. The first-order chi connectivity index (χ1) is 5.06. The maximum Gasteiger partial charge on any atom is 0.423 e. The first kappa shape index (κ1) is 12.6. The number of alkyl halides is 6. The molecule has 0 aromatic carbocycles. The first-order valence-corrected chi connectivity index (χ1v) is 3.66. The van der Waals surface area contributed by atoms with Crippen LogP contribution in [-0.4, -0.2) is 32.4 Å². The lowest BCUT2D eigenvalue weighted by molar-refractivity contribution is -0.269. The summed E-state index contributed by atoms with van der Waals surface area (Å²) in [6, 6.07) is 0. The smallest absolute Gasteiger partial charge is 0.393 e. The van der Waals surface area contributed by atoms with E-state index in [-0.39, 0.29) is 0 Å². The highest BCUT2D eigenvalue weighted by molar-refractivity contribution is 6.68. The maximum atomic E-state index is 11.9. The highest BCUT2D eigenvalue weighted by Crippen LogP contribution is 2.47. The van der Waals surface area contributed by atoms with Crippen molar-refractivity contribution in [1.82, 2.24) is 0 Å². The van der Waals surface area contributed by atoms with Crippen LogP contribution in [0.5, 0.6) is 0 Å². The van der Waals surface area contributed by atoms with E-state index in [1.54, 1.807) is 0 Å². The Morgan fingerprint density at radius 3 is 1.42 bits per heavy atom. The fourth-order valence-electron chi connectivity index (χ4n) is 0.340. The lowest BCUT2D eigenvalue weighted by Crippen LogP contribution is -2.58. The van der Waals surface area contributed by atoms with Crippen LogP contribution in [0.4, 0.5) is 13.2 Å². The van der Waals surface area contributed by atoms with E-state index in [1.807, 2.05) is 0 Å². The number of rotatable bonds is 1. The van der Waals surface area contributed by atoms with Gasteiger partial charge in [0.15, 0.2) is 0 Å². The summed E-state index contributed by atoms with van der Waals surface area (Å²) in [5.41, 5.74) is -3.73. The molecule has 0 aromatic heterocycles. The van der Waals surface area contributed by atoms with Gasteiger partial charge < -0.3 is 10.2 Å². The van der Waals surface area contributed by atoms with Crippen molar-refractivity contribution in [2.24, 2.45) is 0 Å². The Bertz CT molecular complexity index is 150. The van der Waals surface area contributed by atoms with Gasteiger partial charge in [0.05, 0.1) is 6.61 Å². The molecule has 1 atom stereocenters. The molecule has 0 radical (unpaired) electrons. The van der Waals surface area contributed by atoms with E-state index in [0.29, 0.717) is 0 Å². The minimum Gasteiger partial charge on any atom is -0.393 e. The minimum absolute atomic E-state index is 1.72. The Morgan fingerprint density at radius 1 is 1.08 bits per heavy atom. The Morgan fingerprint density at radius 2 is 1.42 bits per heavy atom. The molecule has 0 aliphatic heterocycles. The van der Waals surface area contributed by atoms with Gasteiger partial charge in [0.25, 0.3) is 0 Å². The third kappa shape index (κ3) is 2.09. The molecule has 0 aromatic rings. The normalized spacial score (nSPS) is 19.0. The predicted octanol–water partition coefficient (Wildman–Crippen LogP) is 1.64. The summed E-state index contributed by atoms with van der Waals surface area (Å²) >= 11 is 14.5. The molecule has 1 unspecified atom stereocenters. The molecule has 0 aliphatic rings. The quantitative estimate of drug-likeness (QED) is 0.692. The van der Waals surface area contributed by atoms with Gasteiger partial charge in [-0.3, -0.25) is 0 Å². The van der Waals surface area contributed by atoms with E-state index in [4.69, 9.17) is 45.0 Å². The summed E-state index contributed by atoms with van der Waals surface area (Å²) in [7, 11) is 0. The standard InChI is InChI=1S/C4H4Cl3F3O2/c5-3(6,7)2(12,1-11)4(8,9)10/h11-12H,1H2. The second kappa shape index (κ2) is 3.38. The summed E-state index contributed by atoms with van der Waals surface area (Å²) in [5.74, 6) is 0. The number of halogens is 6. The van der Waals surface area contributed by atoms with Crippen LogP contribution in [0, 0.1) is 0 Å². The molecule has 2 N–H and O–H groups in total. The predicted molar refractivity (Wildman–Crippen MR) is 38.4 cm³/mol. The molecule has 8 heteroatoms. The number of aliphatic hydroxyl groups is 2. The second-order valence-corrected chi connectivity index (χ2v) is 4.30. The summed E-state index contributed by atoms with van der Waals surface area (Å²) in [4.78, 5) is 0. The van der Waals surface area contributed by atoms with Gasteiger partial charge in [-0.15, -0.1) is 0 Å². The highest BCUT2D eigenvalue weighted by atomic mass is 35.6. The molecule has 0 bridgehead atoms. The monoisotopic (exact) mass is 246 g/mol. The fraction of sp³-hybridized carbons (Fsp3) is 1.00. The topological polar surface area (TPSA) is 40.5 Å². The number of hydrogen-bond donors (Lipinski definition) is 2. The van der Waals surface area contributed by atoms with Crippen molar-refractivity contribution in [1.29, 1.82) is 0 Å². The largest absolute Gasteiger partial charge is 0.423 e. The average Bonchev–Trinajstić information content (AvgIpc) is 1.81. The Kier molecular flexibility index (Phi) is 3.54. The van der Waals surface area contributed by atoms with E-state index in [2.05, 4.69) is 0 Å². The molecule has 0 saturated carbocycles. The molecule has 0 spiro atoms. The fourth-order valence-corrected chi connectivity index (χ4v) is 0.841. The van der Waals surface area contributed by atoms with Crippen molar-refractivity contribution >= 4 is 34.8 Å². The average molecular weight is 247 g/mol. The van der Waals surface area contributed by atoms with E-state index < -0.39 is 22.2 Å². The summed E-state index contributed by atoms with van der Waals surface area (Å²) in [6.07, 6.45) is -5.20. The molecule has 0 fully saturated rings. The molecule has 2 nitrogen and oxygen atoms in total. The van der Waals surface area contributed by atoms with Crippen LogP contribution < -0.4 is 0 Å². The van der Waals surface area contributed by atoms with Crippen LogP contribution in [0.25, 0.3) is 0 Å². The lowest BCUT2D eigenvalue weighted by atomic mass is 10.1. The van der Waals surface area contributed by atoms with Crippen molar-refractivity contribution in [2.75, 3.05) is 6.61 Å². The number of hydrogen-bond acceptors (Lipinski definition) is 2. The molecule has 0 heterocycles. The van der Waals surface area contributed by atoms with Gasteiger partial charge in [-0.1, -0.05) is 34.8 Å². The summed E-state index contributed by atoms with van der Waals surface area (Å²) < 4.78 is 32.8. The van der Waals surface area contributed by atoms with Crippen LogP contribution >= 0.6 is 34.8 Å². The molecular formula is C4H4Cl3F3O2. The second-order valence-electron chi connectivity index (χ2n) is 2.01. The SMILES string of the molecule is OCC(O)(C(F)(F)F)C(Cl)(Cl)Cl. The van der Waals surface area contributed by atoms with Crippen LogP contribution in [0.1, 0.15) is 0 Å². The van der Waals surface area contributed by atoms with Crippen molar-refractivity contribution in [2.45, 2.75) is 15.6 Å². The van der Waals surface area contributed by atoms with Gasteiger partial charge in [0, 0.05) is 0 Å².